The van der Waals surface area contributed by atoms with Gasteiger partial charge in [-0.1, -0.05) is 18.2 Å². The fourth-order valence-electron chi connectivity index (χ4n) is 2.43. The van der Waals surface area contributed by atoms with Crippen LogP contribution in [0.5, 0.6) is 5.75 Å². The monoisotopic (exact) mass is 314 g/mol. The van der Waals surface area contributed by atoms with Gasteiger partial charge in [-0.3, -0.25) is 9.36 Å². The number of methoxy groups -OCH3 is 1. The largest absolute Gasteiger partial charge is 0.497 e. The summed E-state index contributed by atoms with van der Waals surface area (Å²) in [5, 5.41) is 10.6. The van der Waals surface area contributed by atoms with Crippen molar-refractivity contribution in [3.05, 3.63) is 70.5 Å². The first kappa shape index (κ1) is 15.2. The lowest BCUT2D eigenvalue weighted by Gasteiger charge is -2.14. The van der Waals surface area contributed by atoms with Crippen molar-refractivity contribution in [3.8, 4) is 5.75 Å². The van der Waals surface area contributed by atoms with Gasteiger partial charge in [-0.15, -0.1) is 0 Å². The first-order valence-electron chi connectivity index (χ1n) is 7.06. The third-order valence-electron chi connectivity index (χ3n) is 3.67. The summed E-state index contributed by atoms with van der Waals surface area (Å²) in [6, 6.07) is 10.9. The highest BCUT2D eigenvalue weighted by atomic mass is 19.1. The van der Waals surface area contributed by atoms with Gasteiger partial charge in [0.15, 0.2) is 0 Å². The lowest BCUT2D eigenvalue weighted by Crippen LogP contribution is -2.24. The summed E-state index contributed by atoms with van der Waals surface area (Å²) in [7, 11) is 1.53. The molecule has 6 heteroatoms. The smallest absolute Gasteiger partial charge is 0.261 e. The van der Waals surface area contributed by atoms with E-state index in [-0.39, 0.29) is 17.7 Å². The summed E-state index contributed by atoms with van der Waals surface area (Å²) < 4.78 is 20.1. The lowest BCUT2D eigenvalue weighted by molar-refractivity contribution is 0.150. The number of hydrogen-bond acceptors (Lipinski definition) is 4. The number of ether oxygens (including phenoxy) is 1. The molecule has 5 nitrogen and oxygen atoms in total. The number of nitrogens with zero attached hydrogens (tertiary/aromatic N) is 2. The van der Waals surface area contributed by atoms with Crippen LogP contribution in [0.4, 0.5) is 4.39 Å². The third kappa shape index (κ3) is 2.93. The second kappa shape index (κ2) is 6.18. The van der Waals surface area contributed by atoms with Crippen molar-refractivity contribution in [2.45, 2.75) is 12.6 Å². The normalized spacial score (nSPS) is 12.3. The summed E-state index contributed by atoms with van der Waals surface area (Å²) >= 11 is 0. The van der Waals surface area contributed by atoms with Crippen molar-refractivity contribution in [1.82, 2.24) is 9.55 Å². The number of benzene rings is 2. The van der Waals surface area contributed by atoms with Crippen LogP contribution >= 0.6 is 0 Å². The van der Waals surface area contributed by atoms with Gasteiger partial charge in [-0.05, 0) is 18.2 Å². The molecule has 0 radical (unpaired) electrons. The van der Waals surface area contributed by atoms with Gasteiger partial charge in [-0.2, -0.15) is 0 Å². The van der Waals surface area contributed by atoms with E-state index in [1.807, 2.05) is 0 Å². The van der Waals surface area contributed by atoms with Crippen molar-refractivity contribution in [1.29, 1.82) is 0 Å². The molecule has 0 amide bonds. The van der Waals surface area contributed by atoms with Gasteiger partial charge in [-0.25, -0.2) is 9.37 Å². The van der Waals surface area contributed by atoms with Gasteiger partial charge in [0.2, 0.25) is 0 Å². The third-order valence-corrected chi connectivity index (χ3v) is 3.67. The molecule has 1 atom stereocenters. The van der Waals surface area contributed by atoms with Crippen molar-refractivity contribution in [2.75, 3.05) is 7.11 Å². The minimum Gasteiger partial charge on any atom is -0.497 e. The fraction of sp³-hybridized carbons (Fsp3) is 0.176. The van der Waals surface area contributed by atoms with E-state index in [0.29, 0.717) is 16.7 Å². The zero-order chi connectivity index (χ0) is 16.4. The average Bonchev–Trinajstić information content (AvgIpc) is 2.57. The van der Waals surface area contributed by atoms with Crippen LogP contribution in [0.25, 0.3) is 10.9 Å². The minimum atomic E-state index is -1.13. The highest BCUT2D eigenvalue weighted by Crippen LogP contribution is 2.19. The molecule has 3 aromatic rings. The molecule has 0 aliphatic heterocycles. The number of aliphatic hydroxyl groups excluding tert-OH is 1. The maximum Gasteiger partial charge on any atom is 0.261 e. The van der Waals surface area contributed by atoms with Crippen molar-refractivity contribution in [3.63, 3.8) is 0 Å². The van der Waals surface area contributed by atoms with E-state index in [2.05, 4.69) is 4.98 Å². The Morgan fingerprint density at radius 1 is 1.30 bits per heavy atom. The van der Waals surface area contributed by atoms with E-state index in [9.17, 15) is 14.3 Å². The summed E-state index contributed by atoms with van der Waals surface area (Å²) in [5.41, 5.74) is 0.355. The van der Waals surface area contributed by atoms with Crippen LogP contribution in [0, 0.1) is 5.82 Å². The summed E-state index contributed by atoms with van der Waals surface area (Å²) in [6.45, 7) is -0.0747. The topological polar surface area (TPSA) is 64.3 Å². The maximum absolute atomic E-state index is 13.7. The van der Waals surface area contributed by atoms with Gasteiger partial charge in [0.1, 0.15) is 11.6 Å². The van der Waals surface area contributed by atoms with E-state index >= 15 is 0 Å². The Hall–Kier alpha value is -2.73. The predicted octanol–water partition coefficient (Wildman–Crippen LogP) is 2.28. The van der Waals surface area contributed by atoms with E-state index in [0.717, 1.165) is 0 Å². The van der Waals surface area contributed by atoms with Gasteiger partial charge in [0.05, 0.1) is 37.0 Å². The van der Waals surface area contributed by atoms with E-state index in [1.165, 1.54) is 30.1 Å². The van der Waals surface area contributed by atoms with Crippen LogP contribution in [-0.2, 0) is 6.54 Å². The van der Waals surface area contributed by atoms with E-state index in [4.69, 9.17) is 4.74 Å². The standard InChI is InChI=1S/C17H15FN2O3/c1-23-11-6-7-13-15(8-11)19-10-20(17(13)22)9-16(21)12-4-2-3-5-14(12)18/h2-8,10,16,21H,9H2,1H3. The Bertz CT molecular complexity index is 908. The SMILES string of the molecule is COc1ccc2c(=O)n(CC(O)c3ccccc3F)cnc2c1. The molecule has 0 aliphatic carbocycles. The van der Waals surface area contributed by atoms with Crippen LogP contribution in [0.1, 0.15) is 11.7 Å². The zero-order valence-corrected chi connectivity index (χ0v) is 12.4. The molecule has 0 fully saturated rings. The van der Waals surface area contributed by atoms with Crippen LogP contribution in [0.15, 0.2) is 53.6 Å². The molecule has 118 valence electrons. The Balaban J connectivity index is 1.96. The molecule has 1 heterocycles. The summed E-state index contributed by atoms with van der Waals surface area (Å²) in [6.07, 6.45) is 0.208. The molecule has 23 heavy (non-hydrogen) atoms. The molecule has 2 aromatic carbocycles. The van der Waals surface area contributed by atoms with Crippen LogP contribution < -0.4 is 10.3 Å². The second-order valence-corrected chi connectivity index (χ2v) is 5.12. The minimum absolute atomic E-state index is 0.0747. The van der Waals surface area contributed by atoms with Crippen molar-refractivity contribution >= 4 is 10.9 Å². The van der Waals surface area contributed by atoms with Gasteiger partial charge >= 0.3 is 0 Å². The molecule has 0 saturated heterocycles. The molecule has 1 unspecified atom stereocenters. The number of fused-ring (bicyclic) bond motifs is 1. The summed E-state index contributed by atoms with van der Waals surface area (Å²) in [5.74, 6) is 0.0973. The Morgan fingerprint density at radius 2 is 2.09 bits per heavy atom. The van der Waals surface area contributed by atoms with Crippen molar-refractivity contribution in [2.24, 2.45) is 0 Å². The molecule has 3 rings (SSSR count). The number of aromatic nitrogens is 2. The number of hydrogen-bond donors (Lipinski definition) is 1. The quantitative estimate of drug-likeness (QED) is 0.802. The summed E-state index contributed by atoms with van der Waals surface area (Å²) in [4.78, 5) is 16.7. The highest BCUT2D eigenvalue weighted by molar-refractivity contribution is 5.78. The zero-order valence-electron chi connectivity index (χ0n) is 12.4. The highest BCUT2D eigenvalue weighted by Gasteiger charge is 2.14. The van der Waals surface area contributed by atoms with Gasteiger partial charge in [0.25, 0.3) is 5.56 Å². The van der Waals surface area contributed by atoms with Crippen LogP contribution in [-0.4, -0.2) is 21.8 Å². The molecule has 0 spiro atoms. The van der Waals surface area contributed by atoms with Crippen LogP contribution in [0.2, 0.25) is 0 Å². The van der Waals surface area contributed by atoms with E-state index in [1.54, 1.807) is 30.3 Å². The molecular weight excluding hydrogens is 299 g/mol. The van der Waals surface area contributed by atoms with Gasteiger partial charge < -0.3 is 9.84 Å². The Labute approximate surface area is 131 Å². The second-order valence-electron chi connectivity index (χ2n) is 5.12. The molecular formula is C17H15FN2O3. The Morgan fingerprint density at radius 3 is 2.83 bits per heavy atom. The fourth-order valence-corrected chi connectivity index (χ4v) is 2.43. The van der Waals surface area contributed by atoms with Gasteiger partial charge in [0, 0.05) is 11.6 Å². The molecule has 0 saturated carbocycles. The molecule has 1 N–H and O–H groups in total. The number of aliphatic hydroxyl groups is 1. The van der Waals surface area contributed by atoms with E-state index < -0.39 is 11.9 Å². The predicted molar refractivity (Wildman–Crippen MR) is 83.9 cm³/mol. The first-order chi connectivity index (χ1) is 11.1. The maximum atomic E-state index is 13.7. The average molecular weight is 314 g/mol. The lowest BCUT2D eigenvalue weighted by atomic mass is 10.1. The van der Waals surface area contributed by atoms with Crippen molar-refractivity contribution < 1.29 is 14.2 Å². The molecule has 1 aromatic heterocycles. The van der Waals surface area contributed by atoms with Crippen LogP contribution in [0.3, 0.4) is 0 Å². The first-order valence-corrected chi connectivity index (χ1v) is 7.06. The number of halogens is 1. The number of rotatable bonds is 4. The molecule has 0 aliphatic rings. The Kier molecular flexibility index (Phi) is 4.08. The molecule has 0 bridgehead atoms.